The summed E-state index contributed by atoms with van der Waals surface area (Å²) >= 11 is 0. The molecule has 2 aliphatic rings. The van der Waals surface area contributed by atoms with Crippen LogP contribution in [-0.4, -0.2) is 6.54 Å². The van der Waals surface area contributed by atoms with Crippen LogP contribution in [0.25, 0.3) is 0 Å². The van der Waals surface area contributed by atoms with Crippen molar-refractivity contribution < 1.29 is 4.39 Å². The molecule has 1 aromatic carbocycles. The van der Waals surface area contributed by atoms with Gasteiger partial charge < -0.3 is 5.32 Å². The molecule has 1 saturated carbocycles. The smallest absolute Gasteiger partial charge is 0.146 e. The predicted molar refractivity (Wildman–Crippen MR) is 80.3 cm³/mol. The van der Waals surface area contributed by atoms with E-state index in [0.29, 0.717) is 5.92 Å². The van der Waals surface area contributed by atoms with Gasteiger partial charge in [-0.05, 0) is 61.1 Å². The number of hydrogen-bond acceptors (Lipinski definition) is 1. The lowest BCUT2D eigenvalue weighted by molar-refractivity contribution is 0.577. The minimum Gasteiger partial charge on any atom is -0.382 e. The average molecular weight is 263 g/mol. The summed E-state index contributed by atoms with van der Waals surface area (Å²) in [5, 5.41) is 3.35. The van der Waals surface area contributed by atoms with Crippen LogP contribution >= 0.6 is 0 Å². The largest absolute Gasteiger partial charge is 0.382 e. The highest BCUT2D eigenvalue weighted by Gasteiger charge is 2.24. The first-order chi connectivity index (χ1) is 9.25. The second-order valence-electron chi connectivity index (χ2n) is 5.61. The minimum atomic E-state index is -0.0708. The van der Waals surface area contributed by atoms with Crippen molar-refractivity contribution >= 4 is 5.69 Å². The van der Waals surface area contributed by atoms with E-state index in [9.17, 15) is 4.39 Å². The molecule has 0 radical (unpaired) electrons. The van der Waals surface area contributed by atoms with Gasteiger partial charge in [0.05, 0.1) is 5.69 Å². The number of anilines is 1. The van der Waals surface area contributed by atoms with Crippen LogP contribution in [0.1, 0.15) is 63.5 Å². The van der Waals surface area contributed by atoms with E-state index < -0.39 is 0 Å². The molecular formula is C17H26FN. The van der Waals surface area contributed by atoms with Crippen molar-refractivity contribution in [3.63, 3.8) is 0 Å². The standard InChI is InChI=1S/C15H20FN.C2H6/c1-10-3-2-4-13-12(10)7-8-14(16)15(13)17-9-11-5-6-11;1-2/h7-8,10-11,17H,2-6,9H2,1H3;1-2H3/t10-;/m0./s1. The zero-order valence-corrected chi connectivity index (χ0v) is 12.4. The lowest BCUT2D eigenvalue weighted by atomic mass is 9.83. The Morgan fingerprint density at radius 3 is 2.63 bits per heavy atom. The van der Waals surface area contributed by atoms with Crippen molar-refractivity contribution in [2.45, 2.75) is 58.8 Å². The first-order valence-corrected chi connectivity index (χ1v) is 7.81. The van der Waals surface area contributed by atoms with Gasteiger partial charge in [-0.2, -0.15) is 0 Å². The number of fused-ring (bicyclic) bond motifs is 1. The number of rotatable bonds is 3. The Kier molecular flexibility index (Phi) is 4.84. The maximum atomic E-state index is 13.9. The molecule has 1 atom stereocenters. The Labute approximate surface area is 116 Å². The highest BCUT2D eigenvalue weighted by molar-refractivity contribution is 5.57. The summed E-state index contributed by atoms with van der Waals surface area (Å²) in [4.78, 5) is 0. The number of hydrogen-bond donors (Lipinski definition) is 1. The van der Waals surface area contributed by atoms with Gasteiger partial charge in [0.15, 0.2) is 0 Å². The minimum absolute atomic E-state index is 0.0708. The van der Waals surface area contributed by atoms with Crippen LogP contribution in [0.4, 0.5) is 10.1 Å². The fourth-order valence-corrected chi connectivity index (χ4v) is 2.87. The number of nitrogens with one attached hydrogen (secondary N) is 1. The van der Waals surface area contributed by atoms with E-state index >= 15 is 0 Å². The van der Waals surface area contributed by atoms with Gasteiger partial charge in [-0.1, -0.05) is 26.8 Å². The lowest BCUT2D eigenvalue weighted by Crippen LogP contribution is -2.14. The summed E-state index contributed by atoms with van der Waals surface area (Å²) in [5.41, 5.74) is 3.39. The van der Waals surface area contributed by atoms with Gasteiger partial charge in [0.25, 0.3) is 0 Å². The topological polar surface area (TPSA) is 12.0 Å². The van der Waals surface area contributed by atoms with Crippen molar-refractivity contribution in [1.29, 1.82) is 0 Å². The molecule has 0 amide bonds. The van der Waals surface area contributed by atoms with Crippen LogP contribution in [0.5, 0.6) is 0 Å². The molecule has 19 heavy (non-hydrogen) atoms. The SMILES string of the molecule is CC.C[C@H]1CCCc2c1ccc(F)c2NCC1CC1. The Hall–Kier alpha value is -1.05. The van der Waals surface area contributed by atoms with Crippen LogP contribution in [0.15, 0.2) is 12.1 Å². The van der Waals surface area contributed by atoms with E-state index in [1.54, 1.807) is 6.07 Å². The zero-order chi connectivity index (χ0) is 13.8. The lowest BCUT2D eigenvalue weighted by Gasteiger charge is -2.25. The third-order valence-electron chi connectivity index (χ3n) is 4.16. The first kappa shape index (κ1) is 14.4. The van der Waals surface area contributed by atoms with Crippen LogP contribution in [0.3, 0.4) is 0 Å². The summed E-state index contributed by atoms with van der Waals surface area (Å²) in [6.45, 7) is 7.20. The molecule has 2 heteroatoms. The van der Waals surface area contributed by atoms with Crippen molar-refractivity contribution in [3.05, 3.63) is 29.1 Å². The molecule has 0 spiro atoms. The monoisotopic (exact) mass is 263 g/mol. The van der Waals surface area contributed by atoms with Crippen molar-refractivity contribution in [2.24, 2.45) is 5.92 Å². The maximum Gasteiger partial charge on any atom is 0.146 e. The predicted octanol–water partition coefficient (Wildman–Crippen LogP) is 5.11. The molecule has 0 saturated heterocycles. The van der Waals surface area contributed by atoms with Crippen molar-refractivity contribution in [1.82, 2.24) is 0 Å². The third kappa shape index (κ3) is 3.29. The van der Waals surface area contributed by atoms with E-state index in [0.717, 1.165) is 24.6 Å². The molecule has 0 aliphatic heterocycles. The fraction of sp³-hybridized carbons (Fsp3) is 0.647. The molecule has 1 aromatic rings. The van der Waals surface area contributed by atoms with Crippen LogP contribution < -0.4 is 5.32 Å². The highest BCUT2D eigenvalue weighted by atomic mass is 19.1. The fourth-order valence-electron chi connectivity index (χ4n) is 2.87. The second-order valence-corrected chi connectivity index (χ2v) is 5.61. The summed E-state index contributed by atoms with van der Waals surface area (Å²) in [5.74, 6) is 1.30. The molecule has 0 aromatic heterocycles. The quantitative estimate of drug-likeness (QED) is 0.798. The number of halogens is 1. The molecule has 1 nitrogen and oxygen atoms in total. The molecule has 0 heterocycles. The summed E-state index contributed by atoms with van der Waals surface area (Å²) in [6.07, 6.45) is 6.07. The molecule has 0 bridgehead atoms. The molecule has 2 aliphatic carbocycles. The van der Waals surface area contributed by atoms with Gasteiger partial charge in [-0.15, -0.1) is 0 Å². The Bertz CT molecular complexity index is 424. The first-order valence-electron chi connectivity index (χ1n) is 7.81. The molecule has 1 N–H and O–H groups in total. The van der Waals surface area contributed by atoms with Gasteiger partial charge in [-0.25, -0.2) is 4.39 Å². The summed E-state index contributed by atoms with van der Waals surface area (Å²) in [7, 11) is 0. The molecule has 1 fully saturated rings. The number of benzene rings is 1. The van der Waals surface area contributed by atoms with Crippen LogP contribution in [0.2, 0.25) is 0 Å². The van der Waals surface area contributed by atoms with E-state index in [2.05, 4.69) is 12.2 Å². The van der Waals surface area contributed by atoms with Gasteiger partial charge in [-0.3, -0.25) is 0 Å². The summed E-state index contributed by atoms with van der Waals surface area (Å²) < 4.78 is 13.9. The molecule has 106 valence electrons. The molecule has 3 rings (SSSR count). The van der Waals surface area contributed by atoms with Gasteiger partial charge in [0.1, 0.15) is 5.82 Å². The van der Waals surface area contributed by atoms with Gasteiger partial charge in [0.2, 0.25) is 0 Å². The average Bonchev–Trinajstić information content (AvgIpc) is 3.24. The molecule has 0 unspecified atom stereocenters. The Balaban J connectivity index is 0.000000637. The maximum absolute atomic E-state index is 13.9. The van der Waals surface area contributed by atoms with Crippen LogP contribution in [-0.2, 0) is 6.42 Å². The van der Waals surface area contributed by atoms with E-state index in [1.807, 2.05) is 19.9 Å². The van der Waals surface area contributed by atoms with Crippen LogP contribution in [0, 0.1) is 11.7 Å². The van der Waals surface area contributed by atoms with E-state index in [4.69, 9.17) is 0 Å². The van der Waals surface area contributed by atoms with Crippen molar-refractivity contribution in [2.75, 3.05) is 11.9 Å². The summed E-state index contributed by atoms with van der Waals surface area (Å²) in [6, 6.07) is 3.62. The van der Waals surface area contributed by atoms with Gasteiger partial charge >= 0.3 is 0 Å². The highest BCUT2D eigenvalue weighted by Crippen LogP contribution is 2.37. The Morgan fingerprint density at radius 2 is 1.95 bits per heavy atom. The Morgan fingerprint density at radius 1 is 1.21 bits per heavy atom. The zero-order valence-electron chi connectivity index (χ0n) is 12.4. The molecular weight excluding hydrogens is 237 g/mol. The third-order valence-corrected chi connectivity index (χ3v) is 4.16. The van der Waals surface area contributed by atoms with Crippen molar-refractivity contribution in [3.8, 4) is 0 Å². The van der Waals surface area contributed by atoms with E-state index in [-0.39, 0.29) is 5.82 Å². The normalized spacial score (nSPS) is 21.2. The van der Waals surface area contributed by atoms with E-state index in [1.165, 1.54) is 36.8 Å². The van der Waals surface area contributed by atoms with Gasteiger partial charge in [0, 0.05) is 6.54 Å². The second kappa shape index (κ2) is 6.40.